The first-order valence-electron chi connectivity index (χ1n) is 5.32. The average molecular weight is 196 g/mol. The van der Waals surface area contributed by atoms with Crippen LogP contribution in [0.3, 0.4) is 0 Å². The summed E-state index contributed by atoms with van der Waals surface area (Å²) in [6, 6.07) is 0. The minimum atomic E-state index is 0.467. The molecule has 0 saturated heterocycles. The van der Waals surface area contributed by atoms with Gasteiger partial charge in [0, 0.05) is 5.92 Å². The van der Waals surface area contributed by atoms with Gasteiger partial charge in [0.05, 0.1) is 20.4 Å². The molecule has 1 aliphatic rings. The molecule has 3 heteroatoms. The maximum atomic E-state index is 4.45. The predicted octanol–water partition coefficient (Wildman–Crippen LogP) is 3.34. The Morgan fingerprint density at radius 1 is 1.08 bits per heavy atom. The van der Waals surface area contributed by atoms with Gasteiger partial charge in [-0.05, 0) is 12.8 Å². The highest BCUT2D eigenvalue weighted by Crippen LogP contribution is 2.29. The van der Waals surface area contributed by atoms with Gasteiger partial charge in [0.2, 0.25) is 0 Å². The second kappa shape index (κ2) is 4.76. The fourth-order valence-electron chi connectivity index (χ4n) is 2.16. The summed E-state index contributed by atoms with van der Waals surface area (Å²) in [4.78, 5) is 0. The van der Waals surface area contributed by atoms with Crippen molar-refractivity contribution in [3.8, 4) is 0 Å². The summed E-state index contributed by atoms with van der Waals surface area (Å²) in [6.07, 6.45) is 11.7. The van der Waals surface area contributed by atoms with Crippen molar-refractivity contribution < 1.29 is 0 Å². The van der Waals surface area contributed by atoms with E-state index in [9.17, 15) is 0 Å². The van der Waals surface area contributed by atoms with Crippen LogP contribution in [-0.4, -0.2) is 9.49 Å². The fraction of sp³-hybridized carbons (Fsp3) is 0.800. The lowest BCUT2D eigenvalue weighted by Crippen LogP contribution is -2.02. The molecule has 1 atom stereocenters. The summed E-state index contributed by atoms with van der Waals surface area (Å²) >= 11 is 0. The molecule has 0 N–H and O–H groups in total. The van der Waals surface area contributed by atoms with Crippen molar-refractivity contribution in [2.24, 2.45) is 0 Å². The molecule has 1 unspecified atom stereocenters. The van der Waals surface area contributed by atoms with Gasteiger partial charge in [0.1, 0.15) is 0 Å². The SMILES string of the molecule is c1n[pH]nc1C1CCCCCCC1. The molecule has 0 amide bonds. The molecule has 0 radical (unpaired) electrons. The van der Waals surface area contributed by atoms with Crippen molar-refractivity contribution in [3.05, 3.63) is 11.9 Å². The summed E-state index contributed by atoms with van der Waals surface area (Å²) in [5.74, 6) is 0.735. The van der Waals surface area contributed by atoms with Crippen molar-refractivity contribution in [3.63, 3.8) is 0 Å². The summed E-state index contributed by atoms with van der Waals surface area (Å²) in [7, 11) is 0.467. The lowest BCUT2D eigenvalue weighted by Gasteiger charge is -2.17. The lowest BCUT2D eigenvalue weighted by atomic mass is 9.89. The minimum Gasteiger partial charge on any atom is -0.228 e. The highest BCUT2D eigenvalue weighted by atomic mass is 31.1. The summed E-state index contributed by atoms with van der Waals surface area (Å²) < 4.78 is 8.65. The molecule has 1 aromatic rings. The maximum Gasteiger partial charge on any atom is 0.0677 e. The molecule has 72 valence electrons. The molecule has 2 rings (SSSR count). The Kier molecular flexibility index (Phi) is 3.37. The molecule has 1 fully saturated rings. The largest absolute Gasteiger partial charge is 0.228 e. The van der Waals surface area contributed by atoms with Crippen molar-refractivity contribution in [1.82, 2.24) is 9.49 Å². The van der Waals surface area contributed by atoms with Crippen LogP contribution in [0.15, 0.2) is 6.20 Å². The third-order valence-corrected chi connectivity index (χ3v) is 3.56. The van der Waals surface area contributed by atoms with E-state index < -0.39 is 0 Å². The third-order valence-electron chi connectivity index (χ3n) is 2.96. The Hall–Kier alpha value is -0.360. The number of aromatic nitrogens is 2. The zero-order valence-corrected chi connectivity index (χ0v) is 9.00. The zero-order valence-electron chi connectivity index (χ0n) is 8.00. The van der Waals surface area contributed by atoms with Crippen molar-refractivity contribution in [1.29, 1.82) is 0 Å². The Bertz CT molecular complexity index is 225. The molecular formula is C10H17N2P. The second-order valence-electron chi connectivity index (χ2n) is 3.94. The van der Waals surface area contributed by atoms with Crippen LogP contribution in [0.1, 0.15) is 56.6 Å². The Morgan fingerprint density at radius 3 is 2.38 bits per heavy atom. The van der Waals surface area contributed by atoms with Crippen molar-refractivity contribution >= 4 is 8.51 Å². The van der Waals surface area contributed by atoms with Gasteiger partial charge < -0.3 is 0 Å². The van der Waals surface area contributed by atoms with E-state index in [4.69, 9.17) is 0 Å². The predicted molar refractivity (Wildman–Crippen MR) is 56.6 cm³/mol. The monoisotopic (exact) mass is 196 g/mol. The number of hydrogen-bond donors (Lipinski definition) is 0. The molecular weight excluding hydrogens is 179 g/mol. The van der Waals surface area contributed by atoms with Crippen LogP contribution >= 0.6 is 8.51 Å². The summed E-state index contributed by atoms with van der Waals surface area (Å²) in [5, 5.41) is 0. The van der Waals surface area contributed by atoms with Gasteiger partial charge in [-0.15, -0.1) is 0 Å². The zero-order chi connectivity index (χ0) is 8.93. The molecule has 2 nitrogen and oxygen atoms in total. The van der Waals surface area contributed by atoms with Crippen LogP contribution in [0, 0.1) is 0 Å². The number of hydrogen-bond acceptors (Lipinski definition) is 2. The standard InChI is InChI=1S/C10H17N2P/c1-2-4-6-9(7-5-3-1)10-8-11-13-12-10/h8-9,13H,1-7H2. The molecule has 0 aliphatic heterocycles. The lowest BCUT2D eigenvalue weighted by molar-refractivity contribution is 0.451. The molecule has 1 aliphatic carbocycles. The van der Waals surface area contributed by atoms with Gasteiger partial charge in [-0.25, -0.2) is 9.49 Å². The minimum absolute atomic E-state index is 0.467. The quantitative estimate of drug-likeness (QED) is 0.688. The smallest absolute Gasteiger partial charge is 0.0677 e. The van der Waals surface area contributed by atoms with E-state index in [2.05, 4.69) is 9.49 Å². The summed E-state index contributed by atoms with van der Waals surface area (Å²) in [5.41, 5.74) is 1.29. The fourth-order valence-corrected chi connectivity index (χ4v) is 2.76. The van der Waals surface area contributed by atoms with E-state index in [-0.39, 0.29) is 0 Å². The average Bonchev–Trinajstić information content (AvgIpc) is 2.55. The van der Waals surface area contributed by atoms with Crippen LogP contribution in [-0.2, 0) is 0 Å². The Labute approximate surface area is 81.4 Å². The molecule has 0 spiro atoms. The topological polar surface area (TPSA) is 25.8 Å². The van der Waals surface area contributed by atoms with Crippen molar-refractivity contribution in [2.75, 3.05) is 0 Å². The van der Waals surface area contributed by atoms with E-state index in [0.29, 0.717) is 8.51 Å². The Balaban J connectivity index is 1.96. The normalized spacial score (nSPS) is 21.5. The van der Waals surface area contributed by atoms with Gasteiger partial charge in [0.25, 0.3) is 0 Å². The van der Waals surface area contributed by atoms with Crippen molar-refractivity contribution in [2.45, 2.75) is 50.9 Å². The Morgan fingerprint density at radius 2 is 1.77 bits per heavy atom. The van der Waals surface area contributed by atoms with E-state index in [1.54, 1.807) is 0 Å². The van der Waals surface area contributed by atoms with Gasteiger partial charge >= 0.3 is 0 Å². The van der Waals surface area contributed by atoms with Crippen LogP contribution in [0.5, 0.6) is 0 Å². The number of nitrogens with zero attached hydrogens (tertiary/aromatic N) is 2. The van der Waals surface area contributed by atoms with Gasteiger partial charge in [0.15, 0.2) is 0 Å². The van der Waals surface area contributed by atoms with E-state index in [0.717, 1.165) is 5.92 Å². The molecule has 1 heterocycles. The first kappa shape index (κ1) is 9.21. The van der Waals surface area contributed by atoms with Crippen LogP contribution in [0.25, 0.3) is 0 Å². The maximum absolute atomic E-state index is 4.45. The van der Waals surface area contributed by atoms with Crippen LogP contribution in [0.2, 0.25) is 0 Å². The number of rotatable bonds is 1. The molecule has 0 bridgehead atoms. The highest BCUT2D eigenvalue weighted by Gasteiger charge is 2.14. The molecule has 13 heavy (non-hydrogen) atoms. The highest BCUT2D eigenvalue weighted by molar-refractivity contribution is 7.20. The van der Waals surface area contributed by atoms with Gasteiger partial charge in [-0.1, -0.05) is 32.1 Å². The first-order chi connectivity index (χ1) is 6.47. The first-order valence-corrected chi connectivity index (χ1v) is 6.22. The second-order valence-corrected chi connectivity index (χ2v) is 4.62. The van der Waals surface area contributed by atoms with E-state index in [1.165, 1.54) is 50.6 Å². The van der Waals surface area contributed by atoms with E-state index >= 15 is 0 Å². The summed E-state index contributed by atoms with van der Waals surface area (Å²) in [6.45, 7) is 0. The van der Waals surface area contributed by atoms with Gasteiger partial charge in [-0.3, -0.25) is 0 Å². The van der Waals surface area contributed by atoms with Gasteiger partial charge in [-0.2, -0.15) is 0 Å². The molecule has 1 saturated carbocycles. The third kappa shape index (κ3) is 2.54. The van der Waals surface area contributed by atoms with Crippen LogP contribution in [0.4, 0.5) is 0 Å². The molecule has 1 aromatic heterocycles. The van der Waals surface area contributed by atoms with E-state index in [1.807, 2.05) is 6.20 Å². The van der Waals surface area contributed by atoms with Crippen LogP contribution < -0.4 is 0 Å². The molecule has 0 aromatic carbocycles.